The average molecular weight is 89.1 g/mol. The van der Waals surface area contributed by atoms with Crippen molar-refractivity contribution in [3.05, 3.63) is 5.21 Å². The summed E-state index contributed by atoms with van der Waals surface area (Å²) in [5.41, 5.74) is 0. The number of hydroxylamine groups is 1. The summed E-state index contributed by atoms with van der Waals surface area (Å²) in [5.74, 6) is 4.92. The fourth-order valence-corrected chi connectivity index (χ4v) is 0.265. The molecule has 1 aliphatic heterocycles. The van der Waals surface area contributed by atoms with Gasteiger partial charge in [0.1, 0.15) is 0 Å². The van der Waals surface area contributed by atoms with E-state index in [0.717, 1.165) is 0 Å². The molecule has 1 rings (SSSR count). The van der Waals surface area contributed by atoms with Gasteiger partial charge in [-0.05, 0) is 0 Å². The quantitative estimate of drug-likeness (QED) is 0.179. The molecule has 0 amide bonds. The van der Waals surface area contributed by atoms with Crippen molar-refractivity contribution >= 4 is 0 Å². The molecular formula is C2H7N3O. The Morgan fingerprint density at radius 1 is 2.00 bits per heavy atom. The van der Waals surface area contributed by atoms with Crippen LogP contribution in [0.4, 0.5) is 0 Å². The number of quaternary nitrogens is 1. The Balaban J connectivity index is 2.41. The van der Waals surface area contributed by atoms with Crippen LogP contribution in [0, 0.1) is 5.21 Å². The highest BCUT2D eigenvalue weighted by Gasteiger charge is 2.38. The van der Waals surface area contributed by atoms with Gasteiger partial charge in [-0.15, -0.1) is 0 Å². The summed E-state index contributed by atoms with van der Waals surface area (Å²) >= 11 is 0. The minimum absolute atomic E-state index is 0.431. The average Bonchev–Trinajstić information content (AvgIpc) is 1.73. The number of hydrogen-bond acceptors (Lipinski definition) is 3. The van der Waals surface area contributed by atoms with E-state index in [9.17, 15) is 5.21 Å². The van der Waals surface area contributed by atoms with Crippen LogP contribution in [0.3, 0.4) is 0 Å². The van der Waals surface area contributed by atoms with Crippen molar-refractivity contribution in [3.63, 3.8) is 0 Å². The third-order valence-electron chi connectivity index (χ3n) is 0.900. The lowest BCUT2D eigenvalue weighted by molar-refractivity contribution is -0.827. The smallest absolute Gasteiger partial charge is 0.215 e. The summed E-state index contributed by atoms with van der Waals surface area (Å²) in [4.78, 5) is -0.681. The van der Waals surface area contributed by atoms with E-state index in [0.29, 0.717) is 6.67 Å². The van der Waals surface area contributed by atoms with Crippen molar-refractivity contribution in [1.82, 2.24) is 5.01 Å². The van der Waals surface area contributed by atoms with E-state index < -0.39 is 4.86 Å². The molecule has 0 aromatic rings. The Morgan fingerprint density at radius 2 is 2.17 bits per heavy atom. The normalized spacial score (nSPS) is 55.5. The first-order chi connectivity index (χ1) is 2.63. The van der Waals surface area contributed by atoms with Crippen LogP contribution in [-0.2, 0) is 0 Å². The van der Waals surface area contributed by atoms with Gasteiger partial charge >= 0.3 is 0 Å². The first-order valence-electron chi connectivity index (χ1n) is 1.72. The fourth-order valence-electron chi connectivity index (χ4n) is 0.265. The number of rotatable bonds is 0. The van der Waals surface area contributed by atoms with Crippen LogP contribution in [-0.4, -0.2) is 23.6 Å². The lowest BCUT2D eigenvalue weighted by Crippen LogP contribution is -2.30. The van der Waals surface area contributed by atoms with E-state index >= 15 is 0 Å². The van der Waals surface area contributed by atoms with Gasteiger partial charge in [0, 0.05) is 7.05 Å². The molecular weight excluding hydrogens is 82.0 g/mol. The summed E-state index contributed by atoms with van der Waals surface area (Å²) < 4.78 is 0. The predicted molar refractivity (Wildman–Crippen MR) is 20.4 cm³/mol. The Bertz CT molecular complexity index is 71.2. The molecule has 1 heterocycles. The number of nitrogens with two attached hydrogens (primary N) is 1. The molecule has 2 atom stereocenters. The first-order valence-corrected chi connectivity index (χ1v) is 1.72. The van der Waals surface area contributed by atoms with Gasteiger partial charge in [-0.3, -0.25) is 0 Å². The van der Waals surface area contributed by atoms with Crippen LogP contribution in [0.5, 0.6) is 0 Å². The maximum atomic E-state index is 10.2. The Morgan fingerprint density at radius 3 is 2.17 bits per heavy atom. The van der Waals surface area contributed by atoms with Crippen LogP contribution in [0.15, 0.2) is 0 Å². The van der Waals surface area contributed by atoms with Gasteiger partial charge in [0.25, 0.3) is 0 Å². The summed E-state index contributed by atoms with van der Waals surface area (Å²) in [6, 6.07) is 0. The zero-order valence-electron chi connectivity index (χ0n) is 3.59. The van der Waals surface area contributed by atoms with E-state index in [2.05, 4.69) is 0 Å². The molecule has 1 aliphatic rings. The summed E-state index contributed by atoms with van der Waals surface area (Å²) in [6.07, 6.45) is 0. The standard InChI is InChI=1S/C2H7N3O/c1-4-2-5(4,3)6/h2-3H2,1H3. The molecule has 0 aromatic carbocycles. The molecule has 0 aliphatic carbocycles. The van der Waals surface area contributed by atoms with Crippen molar-refractivity contribution in [3.8, 4) is 0 Å². The minimum Gasteiger partial charge on any atom is -0.590 e. The predicted octanol–water partition coefficient (Wildman–Crippen LogP) is -1.01. The summed E-state index contributed by atoms with van der Waals surface area (Å²) in [7, 11) is 1.67. The van der Waals surface area contributed by atoms with Crippen LogP contribution in [0.1, 0.15) is 0 Å². The Hall–Kier alpha value is -0.160. The molecule has 0 radical (unpaired) electrons. The lowest BCUT2D eigenvalue weighted by atomic mass is 11.3. The zero-order valence-corrected chi connectivity index (χ0v) is 3.59. The van der Waals surface area contributed by atoms with Crippen molar-refractivity contribution in [2.45, 2.75) is 0 Å². The van der Waals surface area contributed by atoms with Gasteiger partial charge in [0.2, 0.25) is 6.67 Å². The molecule has 0 saturated carbocycles. The zero-order chi connectivity index (χ0) is 4.78. The minimum atomic E-state index is -0.681. The second kappa shape index (κ2) is 0.737. The molecule has 1 saturated heterocycles. The molecule has 2 unspecified atom stereocenters. The molecule has 0 spiro atoms. The maximum absolute atomic E-state index is 10.2. The molecule has 1 fully saturated rings. The maximum Gasteiger partial charge on any atom is 0.215 e. The van der Waals surface area contributed by atoms with Crippen LogP contribution in [0.25, 0.3) is 0 Å². The number of nitrogens with zero attached hydrogens (tertiary/aromatic N) is 2. The van der Waals surface area contributed by atoms with Gasteiger partial charge < -0.3 is 5.21 Å². The number of hydrogen-bond donors (Lipinski definition) is 1. The van der Waals surface area contributed by atoms with Crippen LogP contribution < -0.4 is 5.84 Å². The molecule has 4 heteroatoms. The van der Waals surface area contributed by atoms with Crippen molar-refractivity contribution in [1.29, 1.82) is 0 Å². The van der Waals surface area contributed by atoms with E-state index in [1.807, 2.05) is 0 Å². The van der Waals surface area contributed by atoms with Crippen LogP contribution >= 0.6 is 0 Å². The molecule has 6 heavy (non-hydrogen) atoms. The Kier molecular flexibility index (Phi) is 0.493. The van der Waals surface area contributed by atoms with Gasteiger partial charge in [0.15, 0.2) is 0 Å². The third kappa shape index (κ3) is 0.396. The van der Waals surface area contributed by atoms with Gasteiger partial charge in [-0.25, -0.2) is 0 Å². The van der Waals surface area contributed by atoms with E-state index in [4.69, 9.17) is 5.84 Å². The monoisotopic (exact) mass is 89.1 g/mol. The van der Waals surface area contributed by atoms with E-state index in [1.54, 1.807) is 7.05 Å². The SMILES string of the molecule is CN1C[N+]1(N)[O-]. The molecule has 36 valence electrons. The van der Waals surface area contributed by atoms with Crippen molar-refractivity contribution < 1.29 is 4.86 Å². The molecule has 0 aromatic heterocycles. The van der Waals surface area contributed by atoms with Gasteiger partial charge in [-0.2, -0.15) is 10.7 Å². The van der Waals surface area contributed by atoms with Crippen molar-refractivity contribution in [2.75, 3.05) is 13.7 Å². The van der Waals surface area contributed by atoms with Gasteiger partial charge in [0.05, 0.1) is 0 Å². The largest absolute Gasteiger partial charge is 0.590 e. The van der Waals surface area contributed by atoms with Crippen LogP contribution in [0.2, 0.25) is 0 Å². The second-order valence-corrected chi connectivity index (χ2v) is 1.55. The molecule has 0 bridgehead atoms. The third-order valence-corrected chi connectivity index (χ3v) is 0.900. The Labute approximate surface area is 35.9 Å². The lowest BCUT2D eigenvalue weighted by Gasteiger charge is -2.09. The molecule has 4 nitrogen and oxygen atoms in total. The molecule has 2 N–H and O–H groups in total. The highest BCUT2D eigenvalue weighted by molar-refractivity contribution is 4.37. The highest BCUT2D eigenvalue weighted by Crippen LogP contribution is 2.14. The topological polar surface area (TPSA) is 52.1 Å². The summed E-state index contributed by atoms with van der Waals surface area (Å²) in [5, 5.41) is 11.7. The first kappa shape index (κ1) is 4.01. The highest BCUT2D eigenvalue weighted by atomic mass is 16.7. The van der Waals surface area contributed by atoms with E-state index in [1.165, 1.54) is 5.01 Å². The van der Waals surface area contributed by atoms with E-state index in [-0.39, 0.29) is 0 Å². The summed E-state index contributed by atoms with van der Waals surface area (Å²) in [6.45, 7) is 0.431. The van der Waals surface area contributed by atoms with Crippen molar-refractivity contribution in [2.24, 2.45) is 5.84 Å². The fraction of sp³-hybridized carbons (Fsp3) is 1.00. The second-order valence-electron chi connectivity index (χ2n) is 1.55. The van der Waals surface area contributed by atoms with Gasteiger partial charge in [-0.1, -0.05) is 5.01 Å².